The largest absolute Gasteiger partial charge is 0.457 e. The van der Waals surface area contributed by atoms with Crippen molar-refractivity contribution in [1.82, 2.24) is 20.0 Å². The Morgan fingerprint density at radius 1 is 0.905 bits per heavy atom. The molecule has 1 spiro atoms. The number of ether oxygens (including phenoxy) is 1. The third kappa shape index (κ3) is 7.35. The van der Waals surface area contributed by atoms with E-state index in [0.717, 1.165) is 56.9 Å². The first kappa shape index (κ1) is 30.6. The zero-order valence-corrected chi connectivity index (χ0v) is 25.9. The molecule has 0 radical (unpaired) electrons. The Hall–Kier alpha value is -2.90. The number of nitrogens with one attached hydrogen (secondary N) is 1. The van der Waals surface area contributed by atoms with Crippen molar-refractivity contribution in [3.05, 3.63) is 59.7 Å². The van der Waals surface area contributed by atoms with Gasteiger partial charge < -0.3 is 19.9 Å². The first-order valence-electron chi connectivity index (χ1n) is 16.2. The first-order valence-corrected chi connectivity index (χ1v) is 16.2. The fraction of sp³-hybridized carbons (Fsp3) is 0.600. The highest BCUT2D eigenvalue weighted by Crippen LogP contribution is 2.36. The van der Waals surface area contributed by atoms with Crippen molar-refractivity contribution in [3.63, 3.8) is 0 Å². The number of unbranched alkanes of at least 4 members (excludes halogenated alkanes) is 1. The number of piperidine rings is 1. The number of piperazine rings is 1. The van der Waals surface area contributed by atoms with Crippen LogP contribution in [0.5, 0.6) is 11.5 Å². The molecule has 2 aliphatic heterocycles. The zero-order valence-electron chi connectivity index (χ0n) is 25.9. The summed E-state index contributed by atoms with van der Waals surface area (Å²) in [6.45, 7) is 6.17. The van der Waals surface area contributed by atoms with Crippen LogP contribution >= 0.6 is 0 Å². The molecule has 2 heterocycles. The lowest BCUT2D eigenvalue weighted by atomic mass is 9.79. The molecular weight excluding hydrogens is 524 g/mol. The molecule has 5 rings (SSSR count). The Labute approximate surface area is 252 Å². The van der Waals surface area contributed by atoms with E-state index in [2.05, 4.69) is 60.4 Å². The first-order chi connectivity index (χ1) is 20.4. The summed E-state index contributed by atoms with van der Waals surface area (Å²) in [5.41, 5.74) is 1.78. The minimum atomic E-state index is -0.703. The van der Waals surface area contributed by atoms with E-state index >= 15 is 0 Å². The fourth-order valence-corrected chi connectivity index (χ4v) is 7.10. The number of hydrogen-bond donors (Lipinski definition) is 1. The second-order valence-electron chi connectivity index (χ2n) is 13.0. The molecule has 0 unspecified atom stereocenters. The molecule has 1 N–H and O–H groups in total. The molecule has 1 saturated carbocycles. The molecule has 0 bridgehead atoms. The molecule has 1 aliphatic carbocycles. The molecule has 2 aromatic carbocycles. The molecule has 7 nitrogen and oxygen atoms in total. The fourth-order valence-electron chi connectivity index (χ4n) is 7.10. The molecule has 1 atom stereocenters. The van der Waals surface area contributed by atoms with Crippen LogP contribution in [0.3, 0.4) is 0 Å². The second kappa shape index (κ2) is 14.0. The van der Waals surface area contributed by atoms with E-state index in [-0.39, 0.29) is 17.9 Å². The van der Waals surface area contributed by atoms with Gasteiger partial charge in [-0.25, -0.2) is 0 Å². The van der Waals surface area contributed by atoms with Crippen molar-refractivity contribution >= 4 is 11.8 Å². The number of carbonyl (C=O) groups excluding carboxylic acids is 2. The van der Waals surface area contributed by atoms with Crippen LogP contribution in [0.2, 0.25) is 0 Å². The number of amides is 2. The van der Waals surface area contributed by atoms with Crippen LogP contribution in [0, 0.1) is 5.92 Å². The van der Waals surface area contributed by atoms with E-state index in [1.54, 1.807) is 0 Å². The SMILES string of the molecule is CCCCN1C(=O)[C@H](CC2CCCCC2)NC(=O)C12CCN(Cc1ccc(Oc3ccc(CN(C)C)cc3)cc1)CC2. The molecular formula is C35H50N4O3. The summed E-state index contributed by atoms with van der Waals surface area (Å²) in [6.07, 6.45) is 10.3. The van der Waals surface area contributed by atoms with E-state index in [1.165, 1.54) is 43.2 Å². The lowest BCUT2D eigenvalue weighted by Crippen LogP contribution is -2.73. The summed E-state index contributed by atoms with van der Waals surface area (Å²) in [5, 5.41) is 3.22. The summed E-state index contributed by atoms with van der Waals surface area (Å²) < 4.78 is 6.07. The molecule has 0 aromatic heterocycles. The van der Waals surface area contributed by atoms with Gasteiger partial charge in [-0.1, -0.05) is 69.7 Å². The number of likely N-dealkylation sites (tertiary alicyclic amines) is 1. The van der Waals surface area contributed by atoms with Crippen LogP contribution in [-0.4, -0.2) is 71.8 Å². The highest BCUT2D eigenvalue weighted by Gasteiger charge is 2.53. The predicted molar refractivity (Wildman–Crippen MR) is 167 cm³/mol. The maximum atomic E-state index is 13.8. The topological polar surface area (TPSA) is 65.1 Å². The van der Waals surface area contributed by atoms with E-state index in [9.17, 15) is 9.59 Å². The van der Waals surface area contributed by atoms with Crippen molar-refractivity contribution in [2.45, 2.75) is 95.8 Å². The number of carbonyl (C=O) groups is 2. The standard InChI is InChI=1S/C35H50N4O3/c1-4-5-21-39-33(40)32(24-27-9-7-6-8-10-27)36-34(41)35(39)19-22-38(23-20-35)26-29-13-17-31(18-14-29)42-30-15-11-28(12-16-30)25-37(2)3/h11-18,27,32H,4-10,19-26H2,1-3H3,(H,36,41)/t32-/m0/s1. The Morgan fingerprint density at radius 2 is 1.52 bits per heavy atom. The van der Waals surface area contributed by atoms with E-state index in [1.807, 2.05) is 29.2 Å². The van der Waals surface area contributed by atoms with Gasteiger partial charge in [0.2, 0.25) is 11.8 Å². The Balaban J connectivity index is 1.17. The van der Waals surface area contributed by atoms with Gasteiger partial charge >= 0.3 is 0 Å². The van der Waals surface area contributed by atoms with Gasteiger partial charge in [0.15, 0.2) is 0 Å². The smallest absolute Gasteiger partial charge is 0.246 e. The van der Waals surface area contributed by atoms with Crippen molar-refractivity contribution in [2.75, 3.05) is 33.7 Å². The van der Waals surface area contributed by atoms with Crippen molar-refractivity contribution in [2.24, 2.45) is 5.92 Å². The Bertz CT molecular complexity index is 1170. The van der Waals surface area contributed by atoms with Gasteiger partial charge in [-0.2, -0.15) is 0 Å². The minimum Gasteiger partial charge on any atom is -0.457 e. The lowest BCUT2D eigenvalue weighted by molar-refractivity contribution is -0.162. The van der Waals surface area contributed by atoms with Crippen LogP contribution in [0.4, 0.5) is 0 Å². The normalized spacial score (nSPS) is 21.6. The highest BCUT2D eigenvalue weighted by molar-refractivity contribution is 6.00. The molecule has 42 heavy (non-hydrogen) atoms. The van der Waals surface area contributed by atoms with Gasteiger partial charge in [-0.05, 0) is 81.1 Å². The van der Waals surface area contributed by atoms with Crippen LogP contribution in [0.15, 0.2) is 48.5 Å². The molecule has 7 heteroatoms. The molecule has 228 valence electrons. The van der Waals surface area contributed by atoms with Gasteiger partial charge in [0, 0.05) is 32.7 Å². The lowest BCUT2D eigenvalue weighted by Gasteiger charge is -2.52. The van der Waals surface area contributed by atoms with Crippen LogP contribution < -0.4 is 10.1 Å². The summed E-state index contributed by atoms with van der Waals surface area (Å²) in [5.74, 6) is 2.45. The van der Waals surface area contributed by atoms with Crippen molar-refractivity contribution in [1.29, 1.82) is 0 Å². The molecule has 3 aliphatic rings. The van der Waals surface area contributed by atoms with Gasteiger partial charge in [0.05, 0.1) is 0 Å². The average molecular weight is 575 g/mol. The number of rotatable bonds is 11. The Kier molecular flexibility index (Phi) is 10.2. The highest BCUT2D eigenvalue weighted by atomic mass is 16.5. The third-order valence-electron chi connectivity index (χ3n) is 9.51. The predicted octanol–water partition coefficient (Wildman–Crippen LogP) is 5.97. The summed E-state index contributed by atoms with van der Waals surface area (Å²) in [4.78, 5) is 34.1. The van der Waals surface area contributed by atoms with Crippen LogP contribution in [0.25, 0.3) is 0 Å². The molecule has 2 saturated heterocycles. The Morgan fingerprint density at radius 3 is 2.12 bits per heavy atom. The zero-order chi connectivity index (χ0) is 29.5. The average Bonchev–Trinajstić information content (AvgIpc) is 2.99. The van der Waals surface area contributed by atoms with Crippen molar-refractivity contribution in [3.8, 4) is 11.5 Å². The monoisotopic (exact) mass is 574 g/mol. The number of benzene rings is 2. The van der Waals surface area contributed by atoms with Gasteiger partial charge in [-0.15, -0.1) is 0 Å². The molecule has 2 aromatic rings. The summed E-state index contributed by atoms with van der Waals surface area (Å²) in [7, 11) is 4.13. The maximum Gasteiger partial charge on any atom is 0.246 e. The summed E-state index contributed by atoms with van der Waals surface area (Å²) >= 11 is 0. The van der Waals surface area contributed by atoms with E-state index < -0.39 is 5.54 Å². The van der Waals surface area contributed by atoms with Gasteiger partial charge in [0.1, 0.15) is 23.1 Å². The second-order valence-corrected chi connectivity index (χ2v) is 13.0. The third-order valence-corrected chi connectivity index (χ3v) is 9.51. The summed E-state index contributed by atoms with van der Waals surface area (Å²) in [6, 6.07) is 16.2. The van der Waals surface area contributed by atoms with E-state index in [4.69, 9.17) is 4.74 Å². The molecule has 2 amide bonds. The van der Waals surface area contributed by atoms with Gasteiger partial charge in [0.25, 0.3) is 0 Å². The minimum absolute atomic E-state index is 0.0786. The maximum absolute atomic E-state index is 13.8. The quantitative estimate of drug-likeness (QED) is 0.358. The molecule has 3 fully saturated rings. The van der Waals surface area contributed by atoms with Crippen LogP contribution in [-0.2, 0) is 22.7 Å². The van der Waals surface area contributed by atoms with E-state index in [0.29, 0.717) is 25.3 Å². The van der Waals surface area contributed by atoms with Crippen molar-refractivity contribution < 1.29 is 14.3 Å². The van der Waals surface area contributed by atoms with Crippen LogP contribution in [0.1, 0.15) is 82.3 Å². The van der Waals surface area contributed by atoms with Gasteiger partial charge in [-0.3, -0.25) is 14.5 Å². The number of hydrogen-bond acceptors (Lipinski definition) is 5. The number of nitrogens with zero attached hydrogens (tertiary/aromatic N) is 3.